The second-order valence-corrected chi connectivity index (χ2v) is 10.2. The predicted molar refractivity (Wildman–Crippen MR) is 145 cm³/mol. The van der Waals surface area contributed by atoms with Crippen LogP contribution in [0.3, 0.4) is 0 Å². The van der Waals surface area contributed by atoms with Crippen LogP contribution in [0, 0.1) is 0 Å². The number of nitrogens with one attached hydrogen (secondary N) is 2. The molecule has 44 heavy (non-hydrogen) atoms. The Hall–Kier alpha value is -4.56. The SMILES string of the molecule is O=C1C[C@@H](NCc2ccccc2C(F)(F)F)C(=O)N1c1ccc(N2C(=O)C[C@@H](NCc3ccccc3C(F)(F)F)C2=O)cc1. The molecule has 8 nitrogen and oxygen atoms in total. The third-order valence-corrected chi connectivity index (χ3v) is 7.38. The van der Waals surface area contributed by atoms with E-state index in [-0.39, 0.29) is 48.4 Å². The van der Waals surface area contributed by atoms with Crippen LogP contribution in [0.15, 0.2) is 72.8 Å². The van der Waals surface area contributed by atoms with Gasteiger partial charge < -0.3 is 10.6 Å². The van der Waals surface area contributed by atoms with E-state index in [4.69, 9.17) is 0 Å². The van der Waals surface area contributed by atoms with Gasteiger partial charge in [-0.2, -0.15) is 26.3 Å². The van der Waals surface area contributed by atoms with E-state index in [9.17, 15) is 45.5 Å². The normalized spacial score (nSPS) is 19.4. The highest BCUT2D eigenvalue weighted by Gasteiger charge is 2.42. The molecule has 14 heteroatoms. The molecule has 2 N–H and O–H groups in total. The molecule has 2 heterocycles. The lowest BCUT2D eigenvalue weighted by atomic mass is 10.1. The van der Waals surface area contributed by atoms with Gasteiger partial charge in [0.25, 0.3) is 11.8 Å². The Kier molecular flexibility index (Phi) is 8.32. The molecule has 2 aliphatic heterocycles. The number of benzene rings is 3. The first-order chi connectivity index (χ1) is 20.8. The number of amides is 4. The van der Waals surface area contributed by atoms with Gasteiger partial charge in [0.2, 0.25) is 11.8 Å². The smallest absolute Gasteiger partial charge is 0.301 e. The van der Waals surface area contributed by atoms with Crippen molar-refractivity contribution in [2.45, 2.75) is 50.4 Å². The first-order valence-electron chi connectivity index (χ1n) is 13.4. The first kappa shape index (κ1) is 30.9. The molecule has 4 amide bonds. The third kappa shape index (κ3) is 6.21. The number of anilines is 2. The van der Waals surface area contributed by atoms with E-state index in [0.717, 1.165) is 21.9 Å². The van der Waals surface area contributed by atoms with Crippen molar-refractivity contribution in [1.82, 2.24) is 10.6 Å². The Morgan fingerprint density at radius 3 is 1.25 bits per heavy atom. The molecular formula is C30H24F6N4O4. The minimum Gasteiger partial charge on any atom is -0.301 e. The third-order valence-electron chi connectivity index (χ3n) is 7.38. The standard InChI is InChI=1S/C30H24F6N4O4/c31-29(32,33)21-7-3-1-5-17(21)15-37-23-13-25(41)39(27(23)43)19-9-11-20(12-10-19)40-26(42)14-24(28(40)44)38-16-18-6-2-4-8-22(18)30(34,35)36/h1-12,23-24,37-38H,13-16H2/t23-,24-/m1/s1. The van der Waals surface area contributed by atoms with Crippen LogP contribution < -0.4 is 20.4 Å². The van der Waals surface area contributed by atoms with Crippen LogP contribution in [0.5, 0.6) is 0 Å². The zero-order valence-electron chi connectivity index (χ0n) is 22.7. The lowest BCUT2D eigenvalue weighted by Crippen LogP contribution is -2.39. The van der Waals surface area contributed by atoms with Gasteiger partial charge >= 0.3 is 12.4 Å². The zero-order valence-corrected chi connectivity index (χ0v) is 22.7. The largest absolute Gasteiger partial charge is 0.416 e. The summed E-state index contributed by atoms with van der Waals surface area (Å²) in [6.07, 6.45) is -9.76. The lowest BCUT2D eigenvalue weighted by Gasteiger charge is -2.19. The average molecular weight is 619 g/mol. The molecule has 3 aromatic carbocycles. The highest BCUT2D eigenvalue weighted by Crippen LogP contribution is 2.34. The summed E-state index contributed by atoms with van der Waals surface area (Å²) >= 11 is 0. The molecule has 0 aliphatic carbocycles. The number of hydrogen-bond acceptors (Lipinski definition) is 6. The van der Waals surface area contributed by atoms with Crippen molar-refractivity contribution in [1.29, 1.82) is 0 Å². The van der Waals surface area contributed by atoms with E-state index >= 15 is 0 Å². The molecule has 0 saturated carbocycles. The maximum absolute atomic E-state index is 13.3. The molecule has 0 bridgehead atoms. The monoisotopic (exact) mass is 618 g/mol. The number of carbonyl (C=O) groups is 4. The summed E-state index contributed by atoms with van der Waals surface area (Å²) in [4.78, 5) is 53.1. The average Bonchev–Trinajstić information content (AvgIpc) is 3.42. The lowest BCUT2D eigenvalue weighted by molar-refractivity contribution is -0.139. The van der Waals surface area contributed by atoms with E-state index in [1.54, 1.807) is 0 Å². The van der Waals surface area contributed by atoms with Gasteiger partial charge in [0.1, 0.15) is 0 Å². The Labute approximate surface area is 246 Å². The fraction of sp³-hybridized carbons (Fsp3) is 0.267. The molecule has 0 spiro atoms. The van der Waals surface area contributed by atoms with Gasteiger partial charge in [-0.25, -0.2) is 9.80 Å². The first-order valence-corrected chi connectivity index (χ1v) is 13.4. The van der Waals surface area contributed by atoms with Crippen LogP contribution in [-0.4, -0.2) is 35.7 Å². The van der Waals surface area contributed by atoms with Crippen LogP contribution in [0.4, 0.5) is 37.7 Å². The van der Waals surface area contributed by atoms with Crippen LogP contribution in [0.25, 0.3) is 0 Å². The van der Waals surface area contributed by atoms with Gasteiger partial charge in [-0.1, -0.05) is 36.4 Å². The van der Waals surface area contributed by atoms with Crippen LogP contribution in [-0.2, 0) is 44.6 Å². The van der Waals surface area contributed by atoms with Gasteiger partial charge in [0.15, 0.2) is 0 Å². The molecule has 2 fully saturated rings. The molecule has 2 saturated heterocycles. The topological polar surface area (TPSA) is 98.8 Å². The Morgan fingerprint density at radius 2 is 0.909 bits per heavy atom. The molecule has 3 aromatic rings. The van der Waals surface area contributed by atoms with Crippen molar-refractivity contribution >= 4 is 35.0 Å². The van der Waals surface area contributed by atoms with E-state index in [1.165, 1.54) is 60.7 Å². The highest BCUT2D eigenvalue weighted by atomic mass is 19.4. The van der Waals surface area contributed by atoms with Gasteiger partial charge in [-0.15, -0.1) is 0 Å². The fourth-order valence-corrected chi connectivity index (χ4v) is 5.24. The summed E-state index contributed by atoms with van der Waals surface area (Å²) in [5, 5.41) is 5.44. The highest BCUT2D eigenvalue weighted by molar-refractivity contribution is 6.24. The molecule has 5 rings (SSSR count). The molecule has 0 unspecified atom stereocenters. The van der Waals surface area contributed by atoms with Gasteiger partial charge in [0.05, 0.1) is 47.4 Å². The second-order valence-electron chi connectivity index (χ2n) is 10.2. The summed E-state index contributed by atoms with van der Waals surface area (Å²) in [7, 11) is 0. The fourth-order valence-electron chi connectivity index (χ4n) is 5.24. The van der Waals surface area contributed by atoms with Gasteiger partial charge in [-0.3, -0.25) is 19.2 Å². The molecular weight excluding hydrogens is 594 g/mol. The minimum absolute atomic E-state index is 0.0830. The zero-order chi connectivity index (χ0) is 31.8. The van der Waals surface area contributed by atoms with Gasteiger partial charge in [-0.05, 0) is 47.5 Å². The van der Waals surface area contributed by atoms with E-state index < -0.39 is 59.2 Å². The van der Waals surface area contributed by atoms with Crippen molar-refractivity contribution in [2.75, 3.05) is 9.80 Å². The van der Waals surface area contributed by atoms with Crippen molar-refractivity contribution in [3.63, 3.8) is 0 Å². The summed E-state index contributed by atoms with van der Waals surface area (Å²) in [6.45, 7) is -0.607. The van der Waals surface area contributed by atoms with E-state index in [0.29, 0.717) is 0 Å². The Morgan fingerprint density at radius 1 is 0.568 bits per heavy atom. The van der Waals surface area contributed by atoms with Crippen molar-refractivity contribution in [3.05, 3.63) is 95.1 Å². The van der Waals surface area contributed by atoms with Crippen molar-refractivity contribution in [2.24, 2.45) is 0 Å². The Balaban J connectivity index is 1.23. The quantitative estimate of drug-likeness (QED) is 0.284. The van der Waals surface area contributed by atoms with Crippen LogP contribution in [0.2, 0.25) is 0 Å². The maximum Gasteiger partial charge on any atom is 0.416 e. The summed E-state index contributed by atoms with van der Waals surface area (Å²) in [5.74, 6) is -2.55. The molecule has 230 valence electrons. The molecule has 2 aliphatic rings. The molecule has 0 aromatic heterocycles. The van der Waals surface area contributed by atoms with E-state index in [2.05, 4.69) is 10.6 Å². The summed E-state index contributed by atoms with van der Waals surface area (Å²) in [5.41, 5.74) is -1.62. The maximum atomic E-state index is 13.3. The molecule has 2 atom stereocenters. The van der Waals surface area contributed by atoms with Crippen LogP contribution in [0.1, 0.15) is 35.1 Å². The van der Waals surface area contributed by atoms with Crippen molar-refractivity contribution in [3.8, 4) is 0 Å². The number of rotatable bonds is 8. The number of nitrogens with zero attached hydrogens (tertiary/aromatic N) is 2. The van der Waals surface area contributed by atoms with E-state index in [1.807, 2.05) is 0 Å². The number of carbonyl (C=O) groups excluding carboxylic acids is 4. The molecule has 0 radical (unpaired) electrons. The van der Waals surface area contributed by atoms with Crippen molar-refractivity contribution < 1.29 is 45.5 Å². The number of hydrogen-bond donors (Lipinski definition) is 2. The number of imide groups is 2. The number of halogens is 6. The second kappa shape index (κ2) is 11.8. The summed E-state index contributed by atoms with van der Waals surface area (Å²) in [6, 6.07) is 13.0. The van der Waals surface area contributed by atoms with Crippen LogP contribution >= 0.6 is 0 Å². The summed E-state index contributed by atoms with van der Waals surface area (Å²) < 4.78 is 79.8. The number of alkyl halides is 6. The van der Waals surface area contributed by atoms with Gasteiger partial charge in [0, 0.05) is 13.1 Å². The predicted octanol–water partition coefficient (Wildman–Crippen LogP) is 4.57. The Bertz CT molecular complexity index is 1490. The minimum atomic E-state index is -4.59.